The van der Waals surface area contributed by atoms with Gasteiger partial charge in [0.2, 0.25) is 0 Å². The number of rotatable bonds is 5. The number of nitrogens with zero attached hydrogens (tertiary/aromatic N) is 1. The summed E-state index contributed by atoms with van der Waals surface area (Å²) in [6.07, 6.45) is 0. The van der Waals surface area contributed by atoms with Gasteiger partial charge in [-0.05, 0) is 30.3 Å². The molecule has 2 N–H and O–H groups in total. The summed E-state index contributed by atoms with van der Waals surface area (Å²) in [7, 11) is -4.06. The highest BCUT2D eigenvalue weighted by molar-refractivity contribution is 7.89. The first-order valence-corrected chi connectivity index (χ1v) is 8.46. The van der Waals surface area contributed by atoms with Crippen LogP contribution in [0.15, 0.2) is 47.4 Å². The molecule has 0 aliphatic heterocycles. The molecule has 126 valence electrons. The molecule has 0 aliphatic rings. The number of nitrogens with one attached hydrogen (secondary N) is 2. The number of sulfonamides is 1. The molecule has 0 aliphatic carbocycles. The topological polar surface area (TPSA) is 118 Å². The molecule has 2 rings (SSSR count). The van der Waals surface area contributed by atoms with Crippen LogP contribution in [0.25, 0.3) is 0 Å². The van der Waals surface area contributed by atoms with Gasteiger partial charge in [-0.25, -0.2) is 8.42 Å². The largest absolute Gasteiger partial charge is 0.273 e. The van der Waals surface area contributed by atoms with Gasteiger partial charge >= 0.3 is 0 Å². The molecule has 1 amide bonds. The van der Waals surface area contributed by atoms with Crippen LogP contribution in [0.1, 0.15) is 10.4 Å². The minimum Gasteiger partial charge on any atom is -0.273 e. The maximum absolute atomic E-state index is 12.1. The summed E-state index contributed by atoms with van der Waals surface area (Å²) >= 11 is 11.5. The highest BCUT2D eigenvalue weighted by atomic mass is 35.5. The van der Waals surface area contributed by atoms with Crippen molar-refractivity contribution in [2.45, 2.75) is 4.90 Å². The standard InChI is InChI=1S/C13H9Cl2N3O5S/c14-11-6-5-10(7-12(11)15)24(22,23)17-16-13(19)8-1-3-9(4-2-8)18(20)21/h1-7,17H,(H,16,19). The van der Waals surface area contributed by atoms with E-state index in [1.807, 2.05) is 10.3 Å². The number of hydrazine groups is 1. The van der Waals surface area contributed by atoms with Crippen molar-refractivity contribution < 1.29 is 18.1 Å². The third kappa shape index (κ3) is 4.20. The second-order valence-corrected chi connectivity index (χ2v) is 6.94. The minimum absolute atomic E-state index is 0.0393. The Hall–Kier alpha value is -2.20. The van der Waals surface area contributed by atoms with Crippen LogP contribution in [0.4, 0.5) is 5.69 Å². The summed E-state index contributed by atoms with van der Waals surface area (Å²) < 4.78 is 24.1. The van der Waals surface area contributed by atoms with Gasteiger partial charge in [-0.3, -0.25) is 20.3 Å². The molecule has 0 fully saturated rings. The van der Waals surface area contributed by atoms with E-state index in [2.05, 4.69) is 0 Å². The van der Waals surface area contributed by atoms with Gasteiger partial charge in [0.1, 0.15) is 0 Å². The number of non-ortho nitro benzene ring substituents is 1. The summed E-state index contributed by atoms with van der Waals surface area (Å²) in [5, 5.41) is 10.8. The lowest BCUT2D eigenvalue weighted by Gasteiger charge is -2.09. The fraction of sp³-hybridized carbons (Fsp3) is 0. The Morgan fingerprint density at radius 2 is 1.67 bits per heavy atom. The van der Waals surface area contributed by atoms with Crippen molar-refractivity contribution in [3.8, 4) is 0 Å². The molecule has 0 saturated heterocycles. The van der Waals surface area contributed by atoms with Crippen LogP contribution in [-0.2, 0) is 10.0 Å². The second-order valence-electron chi connectivity index (χ2n) is 4.44. The van der Waals surface area contributed by atoms with E-state index in [0.29, 0.717) is 0 Å². The van der Waals surface area contributed by atoms with Gasteiger partial charge in [-0.15, -0.1) is 4.83 Å². The molecule has 0 unspecified atom stereocenters. The molecule has 24 heavy (non-hydrogen) atoms. The second kappa shape index (κ2) is 7.14. The number of benzene rings is 2. The zero-order valence-electron chi connectivity index (χ0n) is 11.7. The molecule has 0 aromatic heterocycles. The molecule has 0 bridgehead atoms. The normalized spacial score (nSPS) is 11.1. The first kappa shape index (κ1) is 18.1. The number of hydrogen-bond acceptors (Lipinski definition) is 5. The van der Waals surface area contributed by atoms with Gasteiger partial charge in [0, 0.05) is 17.7 Å². The lowest BCUT2D eigenvalue weighted by molar-refractivity contribution is -0.384. The molecular formula is C13H9Cl2N3O5S. The molecular weight excluding hydrogens is 381 g/mol. The third-order valence-electron chi connectivity index (χ3n) is 2.84. The number of nitro benzene ring substituents is 1. The van der Waals surface area contributed by atoms with Crippen molar-refractivity contribution in [1.29, 1.82) is 0 Å². The lowest BCUT2D eigenvalue weighted by atomic mass is 10.2. The molecule has 0 spiro atoms. The van der Waals surface area contributed by atoms with Crippen LogP contribution < -0.4 is 10.3 Å². The van der Waals surface area contributed by atoms with E-state index < -0.39 is 20.9 Å². The summed E-state index contributed by atoms with van der Waals surface area (Å²) in [5.74, 6) is -0.784. The number of carbonyl (C=O) groups excluding carboxylic acids is 1. The zero-order chi connectivity index (χ0) is 17.9. The minimum atomic E-state index is -4.06. The maximum atomic E-state index is 12.1. The van der Waals surface area contributed by atoms with Crippen LogP contribution in [-0.4, -0.2) is 19.2 Å². The van der Waals surface area contributed by atoms with Gasteiger partial charge in [-0.1, -0.05) is 23.2 Å². The van der Waals surface area contributed by atoms with E-state index in [4.69, 9.17) is 23.2 Å². The molecule has 0 saturated carbocycles. The first-order valence-electron chi connectivity index (χ1n) is 6.22. The molecule has 11 heteroatoms. The van der Waals surface area contributed by atoms with Crippen LogP contribution in [0.3, 0.4) is 0 Å². The predicted molar refractivity (Wildman–Crippen MR) is 87.3 cm³/mol. The van der Waals surface area contributed by atoms with Crippen molar-refractivity contribution in [1.82, 2.24) is 10.3 Å². The Balaban J connectivity index is 2.09. The highest BCUT2D eigenvalue weighted by Crippen LogP contribution is 2.24. The van der Waals surface area contributed by atoms with Crippen molar-refractivity contribution in [3.05, 3.63) is 68.2 Å². The summed E-state index contributed by atoms with van der Waals surface area (Å²) in [6, 6.07) is 8.29. The van der Waals surface area contributed by atoms with E-state index in [-0.39, 0.29) is 26.2 Å². The molecule has 8 nitrogen and oxygen atoms in total. The van der Waals surface area contributed by atoms with E-state index >= 15 is 0 Å². The van der Waals surface area contributed by atoms with Crippen molar-refractivity contribution in [2.24, 2.45) is 0 Å². The Morgan fingerprint density at radius 3 is 2.21 bits per heavy atom. The van der Waals surface area contributed by atoms with Crippen LogP contribution in [0.5, 0.6) is 0 Å². The molecule has 0 atom stereocenters. The fourth-order valence-corrected chi connectivity index (χ4v) is 2.85. The number of hydrogen-bond donors (Lipinski definition) is 2. The zero-order valence-corrected chi connectivity index (χ0v) is 14.0. The molecule has 2 aromatic carbocycles. The Bertz CT molecular complexity index is 900. The van der Waals surface area contributed by atoms with E-state index in [1.165, 1.54) is 24.3 Å². The van der Waals surface area contributed by atoms with Crippen molar-refractivity contribution >= 4 is 44.8 Å². The van der Waals surface area contributed by atoms with Crippen molar-refractivity contribution in [3.63, 3.8) is 0 Å². The summed E-state index contributed by atoms with van der Waals surface area (Å²) in [6.45, 7) is 0. The van der Waals surface area contributed by atoms with Gasteiger partial charge in [0.05, 0.1) is 19.9 Å². The van der Waals surface area contributed by atoms with Gasteiger partial charge in [0.25, 0.3) is 21.6 Å². The summed E-state index contributed by atoms with van der Waals surface area (Å²) in [5.41, 5.74) is 1.85. The van der Waals surface area contributed by atoms with Crippen LogP contribution in [0.2, 0.25) is 10.0 Å². The number of halogens is 2. The Kier molecular flexibility index (Phi) is 5.40. The molecule has 0 heterocycles. The number of nitro groups is 1. The quantitative estimate of drug-likeness (QED) is 0.601. The fourth-order valence-electron chi connectivity index (χ4n) is 1.62. The predicted octanol–water partition coefficient (Wildman–Crippen LogP) is 2.52. The van der Waals surface area contributed by atoms with Crippen LogP contribution >= 0.6 is 23.2 Å². The van der Waals surface area contributed by atoms with Crippen LogP contribution in [0, 0.1) is 10.1 Å². The number of amides is 1. The SMILES string of the molecule is O=C(NNS(=O)(=O)c1ccc(Cl)c(Cl)c1)c1ccc([N+](=O)[O-])cc1. The average Bonchev–Trinajstić information content (AvgIpc) is 2.55. The first-order chi connectivity index (χ1) is 11.2. The highest BCUT2D eigenvalue weighted by Gasteiger charge is 2.17. The monoisotopic (exact) mass is 389 g/mol. The van der Waals surface area contributed by atoms with Gasteiger partial charge in [0.15, 0.2) is 0 Å². The molecule has 2 aromatic rings. The van der Waals surface area contributed by atoms with E-state index in [0.717, 1.165) is 18.2 Å². The Labute approximate surface area is 146 Å². The lowest BCUT2D eigenvalue weighted by Crippen LogP contribution is -2.41. The van der Waals surface area contributed by atoms with Gasteiger partial charge in [-0.2, -0.15) is 0 Å². The smallest absolute Gasteiger partial charge is 0.269 e. The summed E-state index contributed by atoms with van der Waals surface area (Å²) in [4.78, 5) is 23.5. The average molecular weight is 390 g/mol. The number of carbonyl (C=O) groups is 1. The third-order valence-corrected chi connectivity index (χ3v) is 4.82. The molecule has 0 radical (unpaired) electrons. The van der Waals surface area contributed by atoms with Gasteiger partial charge < -0.3 is 0 Å². The van der Waals surface area contributed by atoms with E-state index in [9.17, 15) is 23.3 Å². The van der Waals surface area contributed by atoms with Crippen molar-refractivity contribution in [2.75, 3.05) is 0 Å². The maximum Gasteiger partial charge on any atom is 0.269 e. The van der Waals surface area contributed by atoms with E-state index in [1.54, 1.807) is 0 Å². The Morgan fingerprint density at radius 1 is 1.04 bits per heavy atom.